The molecule has 1 aromatic carbocycles. The third kappa shape index (κ3) is 1.82. The van der Waals surface area contributed by atoms with E-state index in [0.29, 0.717) is 0 Å². The molecule has 1 heteroatoms. The van der Waals surface area contributed by atoms with Crippen LogP contribution in [0.3, 0.4) is 0 Å². The van der Waals surface area contributed by atoms with Crippen LogP contribution in [0.15, 0.2) is 35.3 Å². The molecule has 0 N–H and O–H groups in total. The maximum Gasteiger partial charge on any atom is 0.0652 e. The first kappa shape index (κ1) is 8.72. The van der Waals surface area contributed by atoms with Gasteiger partial charge in [-0.3, -0.25) is 4.99 Å². The van der Waals surface area contributed by atoms with Crippen LogP contribution in [0.1, 0.15) is 18.1 Å². The highest BCUT2D eigenvalue weighted by atomic mass is 14.7. The number of hydrogen-bond acceptors (Lipinski definition) is 1. The van der Waals surface area contributed by atoms with Crippen molar-refractivity contribution < 1.29 is 0 Å². The average molecular weight is 159 g/mol. The highest BCUT2D eigenvalue weighted by Gasteiger charge is 1.94. The molecule has 0 bridgehead atoms. The largest absolute Gasteiger partial charge is 0.264 e. The smallest absolute Gasteiger partial charge is 0.0652 e. The van der Waals surface area contributed by atoms with Crippen LogP contribution >= 0.6 is 0 Å². The van der Waals surface area contributed by atoms with Crippen molar-refractivity contribution in [3.8, 4) is 0 Å². The Labute approximate surface area is 73.5 Å². The van der Waals surface area contributed by atoms with Gasteiger partial charge in [0.15, 0.2) is 0 Å². The molecule has 0 saturated carbocycles. The highest BCUT2D eigenvalue weighted by molar-refractivity contribution is 5.67. The molecule has 0 spiro atoms. The Bertz CT molecular complexity index is 293. The average Bonchev–Trinajstić information content (AvgIpc) is 2.10. The van der Waals surface area contributed by atoms with Gasteiger partial charge < -0.3 is 0 Å². The SMILES string of the molecule is C=N/C(=C\C)c1ccc(C)cc1. The second-order valence-electron chi connectivity index (χ2n) is 2.70. The lowest BCUT2D eigenvalue weighted by Gasteiger charge is -2.00. The van der Waals surface area contributed by atoms with Crippen molar-refractivity contribution >= 4 is 12.4 Å². The van der Waals surface area contributed by atoms with Gasteiger partial charge in [-0.05, 0) is 26.1 Å². The molecular weight excluding hydrogens is 146 g/mol. The molecule has 0 unspecified atom stereocenters. The number of hydrogen-bond donors (Lipinski definition) is 0. The van der Waals surface area contributed by atoms with Crippen molar-refractivity contribution in [3.05, 3.63) is 41.5 Å². The van der Waals surface area contributed by atoms with E-state index in [0.717, 1.165) is 11.3 Å². The van der Waals surface area contributed by atoms with E-state index in [4.69, 9.17) is 0 Å². The summed E-state index contributed by atoms with van der Waals surface area (Å²) in [4.78, 5) is 3.92. The molecule has 0 aliphatic carbocycles. The number of allylic oxidation sites excluding steroid dienone is 1. The molecule has 1 nitrogen and oxygen atoms in total. The van der Waals surface area contributed by atoms with Crippen molar-refractivity contribution in [1.82, 2.24) is 0 Å². The minimum Gasteiger partial charge on any atom is -0.264 e. The normalized spacial score (nSPS) is 11.3. The maximum atomic E-state index is 3.92. The molecule has 0 aromatic heterocycles. The summed E-state index contributed by atoms with van der Waals surface area (Å²) < 4.78 is 0. The van der Waals surface area contributed by atoms with Crippen LogP contribution in [0.4, 0.5) is 0 Å². The summed E-state index contributed by atoms with van der Waals surface area (Å²) in [7, 11) is 0. The lowest BCUT2D eigenvalue weighted by atomic mass is 10.1. The quantitative estimate of drug-likeness (QED) is 0.588. The molecule has 0 radical (unpaired) electrons. The summed E-state index contributed by atoms with van der Waals surface area (Å²) >= 11 is 0. The minimum absolute atomic E-state index is 0.940. The zero-order chi connectivity index (χ0) is 8.97. The van der Waals surface area contributed by atoms with Gasteiger partial charge in [-0.25, -0.2) is 0 Å². The van der Waals surface area contributed by atoms with Gasteiger partial charge in [-0.2, -0.15) is 0 Å². The summed E-state index contributed by atoms with van der Waals surface area (Å²) in [5.74, 6) is 0. The first-order valence-electron chi connectivity index (χ1n) is 3.98. The molecule has 0 heterocycles. The van der Waals surface area contributed by atoms with E-state index in [1.807, 2.05) is 13.0 Å². The van der Waals surface area contributed by atoms with Gasteiger partial charge in [-0.1, -0.05) is 35.9 Å². The minimum atomic E-state index is 0.940. The van der Waals surface area contributed by atoms with Crippen molar-refractivity contribution in [2.75, 3.05) is 0 Å². The molecule has 12 heavy (non-hydrogen) atoms. The van der Waals surface area contributed by atoms with E-state index in [1.54, 1.807) is 0 Å². The molecule has 0 aliphatic heterocycles. The summed E-state index contributed by atoms with van der Waals surface area (Å²) in [5.41, 5.74) is 3.33. The first-order valence-corrected chi connectivity index (χ1v) is 3.98. The Morgan fingerprint density at radius 3 is 2.33 bits per heavy atom. The number of benzene rings is 1. The molecule has 0 saturated heterocycles. The van der Waals surface area contributed by atoms with Crippen molar-refractivity contribution in [2.45, 2.75) is 13.8 Å². The highest BCUT2D eigenvalue weighted by Crippen LogP contribution is 2.15. The van der Waals surface area contributed by atoms with Crippen LogP contribution in [0.5, 0.6) is 0 Å². The lowest BCUT2D eigenvalue weighted by Crippen LogP contribution is -1.80. The number of aliphatic imine (C=N–C) groups is 1. The molecule has 0 fully saturated rings. The van der Waals surface area contributed by atoms with Crippen LogP contribution < -0.4 is 0 Å². The van der Waals surface area contributed by atoms with Crippen molar-refractivity contribution in [1.29, 1.82) is 0 Å². The van der Waals surface area contributed by atoms with Gasteiger partial charge in [0.2, 0.25) is 0 Å². The van der Waals surface area contributed by atoms with Crippen LogP contribution in [0, 0.1) is 6.92 Å². The summed E-state index contributed by atoms with van der Waals surface area (Å²) in [6.07, 6.45) is 1.96. The maximum absolute atomic E-state index is 3.92. The molecule has 0 aliphatic rings. The Kier molecular flexibility index (Phi) is 2.81. The zero-order valence-electron chi connectivity index (χ0n) is 7.54. The van der Waals surface area contributed by atoms with Crippen molar-refractivity contribution in [2.24, 2.45) is 4.99 Å². The van der Waals surface area contributed by atoms with Crippen molar-refractivity contribution in [3.63, 3.8) is 0 Å². The van der Waals surface area contributed by atoms with Gasteiger partial charge in [0.25, 0.3) is 0 Å². The van der Waals surface area contributed by atoms with E-state index < -0.39 is 0 Å². The van der Waals surface area contributed by atoms with E-state index in [1.165, 1.54) is 5.56 Å². The second kappa shape index (κ2) is 3.86. The third-order valence-electron chi connectivity index (χ3n) is 1.79. The molecule has 0 amide bonds. The summed E-state index contributed by atoms with van der Waals surface area (Å²) in [6.45, 7) is 7.54. The van der Waals surface area contributed by atoms with E-state index in [9.17, 15) is 0 Å². The monoisotopic (exact) mass is 159 g/mol. The second-order valence-corrected chi connectivity index (χ2v) is 2.70. The number of nitrogens with zero attached hydrogens (tertiary/aromatic N) is 1. The van der Waals surface area contributed by atoms with E-state index in [2.05, 4.69) is 42.9 Å². The topological polar surface area (TPSA) is 12.4 Å². The van der Waals surface area contributed by atoms with Gasteiger partial charge in [0.05, 0.1) is 5.70 Å². The first-order chi connectivity index (χ1) is 5.77. The standard InChI is InChI=1S/C11H13N/c1-4-11(12-3)10-7-5-9(2)6-8-10/h4-8H,3H2,1-2H3/b11-4-. The van der Waals surface area contributed by atoms with Crippen LogP contribution in [0.2, 0.25) is 0 Å². The zero-order valence-corrected chi connectivity index (χ0v) is 7.54. The molecule has 1 aromatic rings. The summed E-state index contributed by atoms with van der Waals surface area (Å²) in [6, 6.07) is 8.26. The summed E-state index contributed by atoms with van der Waals surface area (Å²) in [5, 5.41) is 0. The number of aryl methyl sites for hydroxylation is 1. The predicted octanol–water partition coefficient (Wildman–Crippen LogP) is 3.06. The Hall–Kier alpha value is -1.37. The molecule has 0 atom stereocenters. The predicted molar refractivity (Wildman–Crippen MR) is 54.4 cm³/mol. The van der Waals surface area contributed by atoms with Gasteiger partial charge >= 0.3 is 0 Å². The van der Waals surface area contributed by atoms with Crippen LogP contribution in [-0.2, 0) is 0 Å². The van der Waals surface area contributed by atoms with Gasteiger partial charge in [0, 0.05) is 0 Å². The molecule has 62 valence electrons. The van der Waals surface area contributed by atoms with Gasteiger partial charge in [0.1, 0.15) is 0 Å². The third-order valence-corrected chi connectivity index (χ3v) is 1.79. The number of rotatable bonds is 2. The van der Waals surface area contributed by atoms with Crippen LogP contribution in [-0.4, -0.2) is 6.72 Å². The molecular formula is C11H13N. The molecule has 1 rings (SSSR count). The van der Waals surface area contributed by atoms with E-state index >= 15 is 0 Å². The fourth-order valence-corrected chi connectivity index (χ4v) is 1.07. The Morgan fingerprint density at radius 2 is 1.92 bits per heavy atom. The fraction of sp³-hybridized carbons (Fsp3) is 0.182. The van der Waals surface area contributed by atoms with E-state index in [-0.39, 0.29) is 0 Å². The Morgan fingerprint density at radius 1 is 1.33 bits per heavy atom. The Balaban J connectivity index is 3.04. The van der Waals surface area contributed by atoms with Crippen LogP contribution in [0.25, 0.3) is 5.70 Å². The lowest BCUT2D eigenvalue weighted by molar-refractivity contribution is 1.43. The van der Waals surface area contributed by atoms with Gasteiger partial charge in [-0.15, -0.1) is 0 Å². The fourth-order valence-electron chi connectivity index (χ4n) is 1.07.